The second kappa shape index (κ2) is 7.09. The van der Waals surface area contributed by atoms with Gasteiger partial charge in [-0.25, -0.2) is 0 Å². The molecule has 0 bridgehead atoms. The molecule has 0 spiro atoms. The summed E-state index contributed by atoms with van der Waals surface area (Å²) in [6.45, 7) is 0. The van der Waals surface area contributed by atoms with Crippen LogP contribution in [0.25, 0.3) is 60.6 Å². The van der Waals surface area contributed by atoms with Crippen molar-refractivity contribution in [3.05, 3.63) is 114 Å². The van der Waals surface area contributed by atoms with Crippen LogP contribution in [0.2, 0.25) is 0 Å². The van der Waals surface area contributed by atoms with Crippen molar-refractivity contribution in [2.75, 3.05) is 0 Å². The largest absolute Gasteiger partial charge is 0.455 e. The monoisotopic (exact) mass is 487 g/mol. The summed E-state index contributed by atoms with van der Waals surface area (Å²) >= 11 is 3.77. The van der Waals surface area contributed by atoms with Crippen molar-refractivity contribution in [2.45, 2.75) is 0 Å². The number of fused-ring (bicyclic) bond motifs is 6. The van der Waals surface area contributed by atoms with E-state index >= 15 is 0 Å². The molecule has 0 amide bonds. The van der Waals surface area contributed by atoms with E-state index < -0.39 is 0 Å². The second-order valence-corrected chi connectivity index (χ2v) is 9.14. The van der Waals surface area contributed by atoms with Crippen LogP contribution in [0.4, 0.5) is 0 Å². The standard InChI is InChI=1S/C30H18BrNO/c31-25-18-17-23(30-28(25)24-12-5-7-16-27(24)33-30)22-14-8-13-21-20-11-4-6-15-26(20)32(29(21)22)19-9-2-1-3-10-19/h1-18H. The lowest BCUT2D eigenvalue weighted by Gasteiger charge is -2.12. The first kappa shape index (κ1) is 18.7. The summed E-state index contributed by atoms with van der Waals surface area (Å²) in [7, 11) is 0. The van der Waals surface area contributed by atoms with Crippen molar-refractivity contribution in [1.29, 1.82) is 0 Å². The Morgan fingerprint density at radius 2 is 1.30 bits per heavy atom. The summed E-state index contributed by atoms with van der Waals surface area (Å²) in [5.41, 5.74) is 7.59. The molecule has 0 atom stereocenters. The smallest absolute Gasteiger partial charge is 0.144 e. The zero-order valence-electron chi connectivity index (χ0n) is 17.6. The molecular weight excluding hydrogens is 470 g/mol. The van der Waals surface area contributed by atoms with Gasteiger partial charge in [0.05, 0.1) is 11.0 Å². The summed E-state index contributed by atoms with van der Waals surface area (Å²) in [6.07, 6.45) is 0. The molecule has 0 unspecified atom stereocenters. The zero-order chi connectivity index (χ0) is 21.9. The highest BCUT2D eigenvalue weighted by Gasteiger charge is 2.20. The van der Waals surface area contributed by atoms with E-state index in [9.17, 15) is 0 Å². The Hall–Kier alpha value is -3.82. The molecule has 7 rings (SSSR count). The number of hydrogen-bond acceptors (Lipinski definition) is 1. The maximum atomic E-state index is 6.45. The van der Waals surface area contributed by atoms with Crippen molar-refractivity contribution in [3.8, 4) is 16.8 Å². The summed E-state index contributed by atoms with van der Waals surface area (Å²) in [5, 5.41) is 4.72. The SMILES string of the molecule is Brc1ccc(-c2cccc3c4ccccc4n(-c4ccccc4)c23)c2oc3ccccc3c12. The summed E-state index contributed by atoms with van der Waals surface area (Å²) in [4.78, 5) is 0. The molecule has 0 aliphatic heterocycles. The first-order valence-corrected chi connectivity index (χ1v) is 11.8. The Kier molecular flexibility index (Phi) is 4.02. The summed E-state index contributed by atoms with van der Waals surface area (Å²) in [5.74, 6) is 0. The van der Waals surface area contributed by atoms with E-state index in [0.29, 0.717) is 0 Å². The highest BCUT2D eigenvalue weighted by molar-refractivity contribution is 9.10. The minimum absolute atomic E-state index is 0.899. The molecule has 33 heavy (non-hydrogen) atoms. The Morgan fingerprint density at radius 3 is 2.18 bits per heavy atom. The van der Waals surface area contributed by atoms with Crippen molar-refractivity contribution >= 4 is 59.7 Å². The van der Waals surface area contributed by atoms with E-state index in [4.69, 9.17) is 4.42 Å². The van der Waals surface area contributed by atoms with Crippen LogP contribution in [0.1, 0.15) is 0 Å². The van der Waals surface area contributed by atoms with Crippen LogP contribution in [0.15, 0.2) is 118 Å². The average molecular weight is 488 g/mol. The van der Waals surface area contributed by atoms with Crippen molar-refractivity contribution in [1.82, 2.24) is 4.57 Å². The summed E-state index contributed by atoms with van der Waals surface area (Å²) < 4.78 is 9.86. The number of para-hydroxylation sites is 4. The Balaban J connectivity index is 1.67. The number of benzene rings is 5. The van der Waals surface area contributed by atoms with Crippen molar-refractivity contribution in [2.24, 2.45) is 0 Å². The number of nitrogens with zero attached hydrogens (tertiary/aromatic N) is 1. The molecule has 0 aliphatic rings. The molecule has 2 aromatic heterocycles. The summed E-state index contributed by atoms with van der Waals surface area (Å²) in [6, 6.07) is 38.3. The molecule has 2 nitrogen and oxygen atoms in total. The molecule has 0 saturated heterocycles. The van der Waals surface area contributed by atoms with Gasteiger partial charge in [-0.05, 0) is 36.4 Å². The van der Waals surface area contributed by atoms with Gasteiger partial charge in [0.2, 0.25) is 0 Å². The minimum Gasteiger partial charge on any atom is -0.455 e. The minimum atomic E-state index is 0.899. The van der Waals surface area contributed by atoms with Crippen LogP contribution in [0.5, 0.6) is 0 Å². The van der Waals surface area contributed by atoms with Crippen LogP contribution in [0, 0.1) is 0 Å². The van der Waals surface area contributed by atoms with Gasteiger partial charge in [-0.1, -0.05) is 88.7 Å². The zero-order valence-corrected chi connectivity index (χ0v) is 19.2. The van der Waals surface area contributed by atoms with E-state index in [1.165, 1.54) is 21.8 Å². The van der Waals surface area contributed by atoms with Gasteiger partial charge in [-0.2, -0.15) is 0 Å². The number of hydrogen-bond donors (Lipinski definition) is 0. The van der Waals surface area contributed by atoms with E-state index in [1.54, 1.807) is 0 Å². The number of rotatable bonds is 2. The van der Waals surface area contributed by atoms with Crippen LogP contribution in [-0.2, 0) is 0 Å². The number of aromatic nitrogens is 1. The van der Waals surface area contributed by atoms with Gasteiger partial charge in [-0.3, -0.25) is 0 Å². The van der Waals surface area contributed by atoms with Gasteiger partial charge in [0.15, 0.2) is 0 Å². The third-order valence-corrected chi connectivity index (χ3v) is 7.14. The molecule has 7 aromatic rings. The lowest BCUT2D eigenvalue weighted by atomic mass is 9.99. The molecule has 0 aliphatic carbocycles. The lowest BCUT2D eigenvalue weighted by molar-refractivity contribution is 0.670. The Labute approximate surface area is 198 Å². The van der Waals surface area contributed by atoms with Gasteiger partial charge < -0.3 is 8.98 Å². The lowest BCUT2D eigenvalue weighted by Crippen LogP contribution is -1.95. The van der Waals surface area contributed by atoms with E-state index in [1.807, 2.05) is 12.1 Å². The van der Waals surface area contributed by atoms with Crippen LogP contribution >= 0.6 is 15.9 Å². The van der Waals surface area contributed by atoms with E-state index in [0.717, 1.165) is 43.2 Å². The Bertz CT molecular complexity index is 1830. The topological polar surface area (TPSA) is 18.1 Å². The number of halogens is 1. The van der Waals surface area contributed by atoms with Crippen LogP contribution in [-0.4, -0.2) is 4.57 Å². The maximum Gasteiger partial charge on any atom is 0.144 e. The predicted octanol–water partition coefficient (Wildman–Crippen LogP) is 9.11. The quantitative estimate of drug-likeness (QED) is 0.237. The first-order chi connectivity index (χ1) is 16.3. The molecule has 0 fully saturated rings. The third kappa shape index (κ3) is 2.66. The fraction of sp³-hybridized carbons (Fsp3) is 0. The fourth-order valence-electron chi connectivity index (χ4n) is 5.08. The Morgan fingerprint density at radius 1 is 0.576 bits per heavy atom. The molecule has 5 aromatic carbocycles. The highest BCUT2D eigenvalue weighted by Crippen LogP contribution is 2.43. The number of furan rings is 1. The molecule has 156 valence electrons. The van der Waals surface area contributed by atoms with Gasteiger partial charge >= 0.3 is 0 Å². The second-order valence-electron chi connectivity index (χ2n) is 8.29. The normalized spacial score (nSPS) is 11.8. The first-order valence-electron chi connectivity index (χ1n) is 11.0. The van der Waals surface area contributed by atoms with Gasteiger partial charge in [0, 0.05) is 42.8 Å². The van der Waals surface area contributed by atoms with Crippen LogP contribution in [0.3, 0.4) is 0 Å². The molecular formula is C30H18BrNO. The predicted molar refractivity (Wildman–Crippen MR) is 141 cm³/mol. The molecule has 0 N–H and O–H groups in total. The molecule has 0 radical (unpaired) electrons. The van der Waals surface area contributed by atoms with Crippen molar-refractivity contribution in [3.63, 3.8) is 0 Å². The molecule has 0 saturated carbocycles. The molecule has 2 heterocycles. The van der Waals surface area contributed by atoms with Crippen molar-refractivity contribution < 1.29 is 4.42 Å². The van der Waals surface area contributed by atoms with Gasteiger partial charge in [-0.15, -0.1) is 0 Å². The average Bonchev–Trinajstić information content (AvgIpc) is 3.42. The van der Waals surface area contributed by atoms with E-state index in [-0.39, 0.29) is 0 Å². The van der Waals surface area contributed by atoms with E-state index in [2.05, 4.69) is 118 Å². The van der Waals surface area contributed by atoms with Gasteiger partial charge in [0.25, 0.3) is 0 Å². The third-order valence-electron chi connectivity index (χ3n) is 6.47. The van der Waals surface area contributed by atoms with Crippen LogP contribution < -0.4 is 0 Å². The highest BCUT2D eigenvalue weighted by atomic mass is 79.9. The molecule has 3 heteroatoms. The maximum absolute atomic E-state index is 6.45. The fourth-order valence-corrected chi connectivity index (χ4v) is 5.61. The van der Waals surface area contributed by atoms with Gasteiger partial charge in [0.1, 0.15) is 11.2 Å².